The molecule has 1 unspecified atom stereocenters. The molecule has 0 aliphatic rings. The van der Waals surface area contributed by atoms with Crippen LogP contribution in [0.5, 0.6) is 5.75 Å². The molecule has 0 aliphatic carbocycles. The summed E-state index contributed by atoms with van der Waals surface area (Å²) in [6.07, 6.45) is -0.636. The zero-order valence-corrected chi connectivity index (χ0v) is 10.8. The van der Waals surface area contributed by atoms with Crippen molar-refractivity contribution in [2.45, 2.75) is 26.9 Å². The van der Waals surface area contributed by atoms with Gasteiger partial charge in [0.15, 0.2) is 0 Å². The maximum atomic E-state index is 10.9. The van der Waals surface area contributed by atoms with Gasteiger partial charge < -0.3 is 20.7 Å². The molecule has 0 heterocycles. The zero-order chi connectivity index (χ0) is 13.9. The third-order valence-electron chi connectivity index (χ3n) is 2.66. The lowest BCUT2D eigenvalue weighted by molar-refractivity contribution is 0.0218. The van der Waals surface area contributed by atoms with E-state index in [1.807, 2.05) is 20.8 Å². The fraction of sp³-hybridized carbons (Fsp3) is 0.462. The van der Waals surface area contributed by atoms with Gasteiger partial charge >= 0.3 is 5.97 Å². The Bertz CT molecular complexity index is 437. The highest BCUT2D eigenvalue weighted by Gasteiger charge is 2.22. The average Bonchev–Trinajstić information content (AvgIpc) is 2.25. The van der Waals surface area contributed by atoms with E-state index in [0.717, 1.165) is 0 Å². The van der Waals surface area contributed by atoms with Crippen molar-refractivity contribution in [1.29, 1.82) is 0 Å². The van der Waals surface area contributed by atoms with Crippen LogP contribution in [0.15, 0.2) is 18.2 Å². The lowest BCUT2D eigenvalue weighted by atomic mass is 9.90. The Labute approximate surface area is 106 Å². The van der Waals surface area contributed by atoms with Crippen molar-refractivity contribution in [3.8, 4) is 5.75 Å². The van der Waals surface area contributed by atoms with Crippen LogP contribution in [-0.2, 0) is 0 Å². The first kappa shape index (κ1) is 14.3. The summed E-state index contributed by atoms with van der Waals surface area (Å²) in [6, 6.07) is 4.41. The quantitative estimate of drug-likeness (QED) is 0.711. The van der Waals surface area contributed by atoms with E-state index >= 15 is 0 Å². The molecule has 0 saturated carbocycles. The molecule has 0 bridgehead atoms. The number of benzene rings is 1. The largest absolute Gasteiger partial charge is 0.491 e. The second-order valence-corrected chi connectivity index (χ2v) is 5.25. The van der Waals surface area contributed by atoms with Crippen LogP contribution in [0.2, 0.25) is 0 Å². The predicted molar refractivity (Wildman–Crippen MR) is 68.8 cm³/mol. The Morgan fingerprint density at radius 1 is 1.44 bits per heavy atom. The topological polar surface area (TPSA) is 92.8 Å². The lowest BCUT2D eigenvalue weighted by Gasteiger charge is -2.25. The number of aromatic carboxylic acids is 1. The van der Waals surface area contributed by atoms with E-state index in [4.69, 9.17) is 15.6 Å². The van der Waals surface area contributed by atoms with Crippen LogP contribution in [0.4, 0.5) is 5.69 Å². The Morgan fingerprint density at radius 3 is 2.56 bits per heavy atom. The minimum atomic E-state index is -1.10. The molecule has 100 valence electrons. The fourth-order valence-electron chi connectivity index (χ4n) is 1.24. The number of nitrogens with two attached hydrogens (primary N) is 1. The van der Waals surface area contributed by atoms with Gasteiger partial charge in [-0.15, -0.1) is 0 Å². The van der Waals surface area contributed by atoms with Gasteiger partial charge in [0.1, 0.15) is 12.4 Å². The number of carboxylic acid groups (broad SMARTS) is 1. The molecule has 0 radical (unpaired) electrons. The molecule has 0 spiro atoms. The van der Waals surface area contributed by atoms with Crippen LogP contribution in [0.1, 0.15) is 31.1 Å². The number of ether oxygens (including phenoxy) is 1. The number of aliphatic hydroxyl groups excluding tert-OH is 1. The van der Waals surface area contributed by atoms with Gasteiger partial charge in [-0.05, 0) is 23.6 Å². The second-order valence-electron chi connectivity index (χ2n) is 5.25. The third kappa shape index (κ3) is 3.63. The first-order valence-corrected chi connectivity index (χ1v) is 5.65. The summed E-state index contributed by atoms with van der Waals surface area (Å²) in [4.78, 5) is 10.9. The molecule has 5 nitrogen and oxygen atoms in total. The first-order valence-electron chi connectivity index (χ1n) is 5.65. The van der Waals surface area contributed by atoms with Gasteiger partial charge in [-0.1, -0.05) is 20.8 Å². The van der Waals surface area contributed by atoms with Crippen molar-refractivity contribution in [2.75, 3.05) is 12.3 Å². The number of nitrogen functional groups attached to an aromatic ring is 1. The van der Waals surface area contributed by atoms with Crippen molar-refractivity contribution in [3.63, 3.8) is 0 Å². The maximum Gasteiger partial charge on any atom is 0.337 e. The molecule has 0 amide bonds. The molecule has 4 N–H and O–H groups in total. The Hall–Kier alpha value is -1.75. The van der Waals surface area contributed by atoms with E-state index in [-0.39, 0.29) is 23.3 Å². The van der Waals surface area contributed by atoms with Gasteiger partial charge in [0, 0.05) is 5.69 Å². The molecule has 1 aromatic rings. The lowest BCUT2D eigenvalue weighted by Crippen LogP contribution is -2.31. The molecular formula is C13H19NO4. The van der Waals surface area contributed by atoms with Crippen LogP contribution in [0.3, 0.4) is 0 Å². The first-order chi connectivity index (χ1) is 8.21. The highest BCUT2D eigenvalue weighted by Crippen LogP contribution is 2.23. The standard InChI is InChI=1S/C13H19NO4/c1-13(2,3)11(15)7-18-8-4-5-10(14)9(6-8)12(16)17/h4-6,11,15H,7,14H2,1-3H3,(H,16,17). The van der Waals surface area contributed by atoms with Crippen molar-refractivity contribution in [2.24, 2.45) is 5.41 Å². The maximum absolute atomic E-state index is 10.9. The second kappa shape index (κ2) is 5.27. The van der Waals surface area contributed by atoms with E-state index in [9.17, 15) is 9.90 Å². The van der Waals surface area contributed by atoms with Gasteiger partial charge in [0.2, 0.25) is 0 Å². The van der Waals surface area contributed by atoms with Gasteiger partial charge in [-0.2, -0.15) is 0 Å². The molecule has 1 rings (SSSR count). The molecule has 0 fully saturated rings. The van der Waals surface area contributed by atoms with E-state index in [0.29, 0.717) is 5.75 Å². The van der Waals surface area contributed by atoms with E-state index in [2.05, 4.69) is 0 Å². The van der Waals surface area contributed by atoms with Gasteiger partial charge in [-0.3, -0.25) is 0 Å². The number of carbonyl (C=O) groups is 1. The summed E-state index contributed by atoms with van der Waals surface area (Å²) in [5.74, 6) is -0.723. The van der Waals surface area contributed by atoms with Crippen LogP contribution >= 0.6 is 0 Å². The predicted octanol–water partition coefficient (Wildman–Crippen LogP) is 1.75. The van der Waals surface area contributed by atoms with E-state index in [1.165, 1.54) is 12.1 Å². The minimum Gasteiger partial charge on any atom is -0.491 e. The van der Waals surface area contributed by atoms with Crippen molar-refractivity contribution < 1.29 is 19.7 Å². The molecule has 1 aromatic carbocycles. The van der Waals surface area contributed by atoms with Crippen molar-refractivity contribution in [3.05, 3.63) is 23.8 Å². The summed E-state index contributed by atoms with van der Waals surface area (Å²) < 4.78 is 5.37. The minimum absolute atomic E-state index is 0.00208. The van der Waals surface area contributed by atoms with Gasteiger partial charge in [0.25, 0.3) is 0 Å². The summed E-state index contributed by atoms with van der Waals surface area (Å²) in [7, 11) is 0. The monoisotopic (exact) mass is 253 g/mol. The molecule has 1 atom stereocenters. The number of carboxylic acids is 1. The third-order valence-corrected chi connectivity index (χ3v) is 2.66. The van der Waals surface area contributed by atoms with Crippen LogP contribution in [-0.4, -0.2) is 28.9 Å². The van der Waals surface area contributed by atoms with E-state index < -0.39 is 12.1 Å². The number of hydrogen-bond donors (Lipinski definition) is 3. The SMILES string of the molecule is CC(C)(C)C(O)COc1ccc(N)c(C(=O)O)c1. The highest BCUT2D eigenvalue weighted by atomic mass is 16.5. The Kier molecular flexibility index (Phi) is 4.19. The summed E-state index contributed by atoms with van der Waals surface area (Å²) >= 11 is 0. The number of hydrogen-bond acceptors (Lipinski definition) is 4. The summed E-state index contributed by atoms with van der Waals surface area (Å²) in [6.45, 7) is 5.79. The smallest absolute Gasteiger partial charge is 0.337 e. The number of rotatable bonds is 4. The van der Waals surface area contributed by atoms with Crippen molar-refractivity contribution in [1.82, 2.24) is 0 Å². The number of anilines is 1. The Balaban J connectivity index is 2.75. The van der Waals surface area contributed by atoms with E-state index in [1.54, 1.807) is 6.07 Å². The fourth-order valence-corrected chi connectivity index (χ4v) is 1.24. The molecule has 5 heteroatoms. The molecule has 0 aromatic heterocycles. The normalized spacial score (nSPS) is 13.1. The molecular weight excluding hydrogens is 234 g/mol. The van der Waals surface area contributed by atoms with Crippen LogP contribution in [0, 0.1) is 5.41 Å². The van der Waals surface area contributed by atoms with Gasteiger partial charge in [-0.25, -0.2) is 4.79 Å². The van der Waals surface area contributed by atoms with Crippen LogP contribution < -0.4 is 10.5 Å². The molecule has 0 aliphatic heterocycles. The number of aliphatic hydroxyl groups is 1. The zero-order valence-electron chi connectivity index (χ0n) is 10.8. The molecule has 0 saturated heterocycles. The summed E-state index contributed by atoms with van der Waals surface area (Å²) in [5, 5.41) is 18.7. The average molecular weight is 253 g/mol. The highest BCUT2D eigenvalue weighted by molar-refractivity contribution is 5.94. The Morgan fingerprint density at radius 2 is 2.06 bits per heavy atom. The van der Waals surface area contributed by atoms with Gasteiger partial charge in [0.05, 0.1) is 11.7 Å². The summed E-state index contributed by atoms with van der Waals surface area (Å²) in [5.41, 5.74) is 5.43. The van der Waals surface area contributed by atoms with Crippen molar-refractivity contribution >= 4 is 11.7 Å². The molecule has 18 heavy (non-hydrogen) atoms. The van der Waals surface area contributed by atoms with Crippen LogP contribution in [0.25, 0.3) is 0 Å².